The van der Waals surface area contributed by atoms with Crippen LogP contribution in [-0.2, 0) is 0 Å². The SMILES string of the molecule is C=CC1=C(CN)NC(c2ccc(C)cc2)N1c1ccccc1. The minimum absolute atomic E-state index is 0.0366. The molecule has 3 nitrogen and oxygen atoms in total. The lowest BCUT2D eigenvalue weighted by molar-refractivity contribution is 0.641. The molecule has 112 valence electrons. The molecule has 0 spiro atoms. The molecule has 3 N–H and O–H groups in total. The minimum Gasteiger partial charge on any atom is -0.362 e. The third kappa shape index (κ3) is 2.51. The smallest absolute Gasteiger partial charge is 0.130 e. The molecular weight excluding hydrogens is 270 g/mol. The Morgan fingerprint density at radius 1 is 1.14 bits per heavy atom. The zero-order valence-corrected chi connectivity index (χ0v) is 12.8. The Labute approximate surface area is 131 Å². The maximum atomic E-state index is 5.91. The monoisotopic (exact) mass is 291 g/mol. The molecule has 0 amide bonds. The van der Waals surface area contributed by atoms with Gasteiger partial charge < -0.3 is 16.0 Å². The van der Waals surface area contributed by atoms with Crippen LogP contribution in [0.25, 0.3) is 0 Å². The first kappa shape index (κ1) is 14.4. The van der Waals surface area contributed by atoms with Gasteiger partial charge in [-0.15, -0.1) is 0 Å². The van der Waals surface area contributed by atoms with Crippen LogP contribution in [0.15, 0.2) is 78.6 Å². The van der Waals surface area contributed by atoms with E-state index in [4.69, 9.17) is 5.73 Å². The summed E-state index contributed by atoms with van der Waals surface area (Å²) < 4.78 is 0. The van der Waals surface area contributed by atoms with Crippen LogP contribution in [0.5, 0.6) is 0 Å². The number of nitrogens with one attached hydrogen (secondary N) is 1. The van der Waals surface area contributed by atoms with Gasteiger partial charge in [-0.25, -0.2) is 0 Å². The Bertz CT molecular complexity index is 686. The van der Waals surface area contributed by atoms with E-state index in [1.54, 1.807) is 0 Å². The first-order valence-corrected chi connectivity index (χ1v) is 7.47. The fourth-order valence-electron chi connectivity index (χ4n) is 2.83. The molecule has 1 unspecified atom stereocenters. The highest BCUT2D eigenvalue weighted by Crippen LogP contribution is 2.35. The van der Waals surface area contributed by atoms with Gasteiger partial charge in [0, 0.05) is 12.2 Å². The van der Waals surface area contributed by atoms with E-state index in [9.17, 15) is 0 Å². The summed E-state index contributed by atoms with van der Waals surface area (Å²) in [5.41, 5.74) is 11.6. The summed E-state index contributed by atoms with van der Waals surface area (Å²) in [5, 5.41) is 3.54. The van der Waals surface area contributed by atoms with Crippen molar-refractivity contribution in [2.24, 2.45) is 5.73 Å². The molecule has 1 heterocycles. The summed E-state index contributed by atoms with van der Waals surface area (Å²) in [5.74, 6) is 0. The quantitative estimate of drug-likeness (QED) is 0.906. The molecule has 0 fully saturated rings. The molecule has 2 aromatic carbocycles. The Kier molecular flexibility index (Phi) is 3.98. The summed E-state index contributed by atoms with van der Waals surface area (Å²) in [7, 11) is 0. The van der Waals surface area contributed by atoms with E-state index in [0.717, 1.165) is 17.1 Å². The van der Waals surface area contributed by atoms with Gasteiger partial charge in [-0.2, -0.15) is 0 Å². The van der Waals surface area contributed by atoms with Gasteiger partial charge in [-0.1, -0.05) is 54.6 Å². The summed E-state index contributed by atoms with van der Waals surface area (Å²) >= 11 is 0. The normalized spacial score (nSPS) is 17.5. The Morgan fingerprint density at radius 2 is 1.82 bits per heavy atom. The molecule has 3 rings (SSSR count). The standard InChI is InChI=1S/C19H21N3/c1-3-18-17(13-20)21-19(15-11-9-14(2)10-12-15)22(18)16-7-5-4-6-8-16/h3-12,19,21H,1,13,20H2,2H3. The summed E-state index contributed by atoms with van der Waals surface area (Å²) in [6, 6.07) is 18.9. The molecular formula is C19H21N3. The number of aryl methyl sites for hydroxylation is 1. The van der Waals surface area contributed by atoms with E-state index >= 15 is 0 Å². The molecule has 0 saturated heterocycles. The number of para-hydroxylation sites is 1. The molecule has 0 aliphatic carbocycles. The van der Waals surface area contributed by atoms with Gasteiger partial charge in [-0.05, 0) is 30.7 Å². The molecule has 2 aromatic rings. The van der Waals surface area contributed by atoms with E-state index in [-0.39, 0.29) is 6.17 Å². The Morgan fingerprint density at radius 3 is 2.41 bits per heavy atom. The van der Waals surface area contributed by atoms with Crippen molar-refractivity contribution >= 4 is 5.69 Å². The highest BCUT2D eigenvalue weighted by molar-refractivity contribution is 5.60. The van der Waals surface area contributed by atoms with Crippen molar-refractivity contribution in [3.05, 3.63) is 89.8 Å². The molecule has 1 aliphatic heterocycles. The zero-order valence-electron chi connectivity index (χ0n) is 12.8. The third-order valence-electron chi connectivity index (χ3n) is 3.96. The topological polar surface area (TPSA) is 41.3 Å². The van der Waals surface area contributed by atoms with Crippen molar-refractivity contribution in [2.75, 3.05) is 11.4 Å². The molecule has 22 heavy (non-hydrogen) atoms. The number of nitrogens with zero attached hydrogens (tertiary/aromatic N) is 1. The average Bonchev–Trinajstić information content (AvgIpc) is 2.95. The number of benzene rings is 2. The lowest BCUT2D eigenvalue weighted by atomic mass is 10.1. The van der Waals surface area contributed by atoms with Crippen LogP contribution in [0, 0.1) is 6.92 Å². The first-order valence-electron chi connectivity index (χ1n) is 7.47. The second-order valence-electron chi connectivity index (χ2n) is 5.44. The van der Waals surface area contributed by atoms with Crippen LogP contribution >= 0.6 is 0 Å². The van der Waals surface area contributed by atoms with Gasteiger partial charge in [-0.3, -0.25) is 0 Å². The van der Waals surface area contributed by atoms with E-state index in [1.165, 1.54) is 11.1 Å². The molecule has 0 saturated carbocycles. The predicted molar refractivity (Wildman–Crippen MR) is 92.3 cm³/mol. The average molecular weight is 291 g/mol. The van der Waals surface area contributed by atoms with Crippen LogP contribution in [0.4, 0.5) is 5.69 Å². The molecule has 1 atom stereocenters. The van der Waals surface area contributed by atoms with Gasteiger partial charge in [0.1, 0.15) is 6.17 Å². The van der Waals surface area contributed by atoms with Gasteiger partial charge in [0.15, 0.2) is 0 Å². The summed E-state index contributed by atoms with van der Waals surface area (Å²) in [6.45, 7) is 6.53. The van der Waals surface area contributed by atoms with Gasteiger partial charge >= 0.3 is 0 Å². The molecule has 3 heteroatoms. The lowest BCUT2D eigenvalue weighted by Crippen LogP contribution is -2.29. The lowest BCUT2D eigenvalue weighted by Gasteiger charge is -2.28. The Balaban J connectivity index is 2.06. The predicted octanol–water partition coefficient (Wildman–Crippen LogP) is 3.46. The highest BCUT2D eigenvalue weighted by Gasteiger charge is 2.31. The summed E-state index contributed by atoms with van der Waals surface area (Å²) in [6.07, 6.45) is 1.91. The first-order chi connectivity index (χ1) is 10.7. The van der Waals surface area contributed by atoms with Gasteiger partial charge in [0.25, 0.3) is 0 Å². The maximum absolute atomic E-state index is 5.91. The van der Waals surface area contributed by atoms with Gasteiger partial charge in [0.2, 0.25) is 0 Å². The largest absolute Gasteiger partial charge is 0.362 e. The van der Waals surface area contributed by atoms with Crippen LogP contribution in [0.3, 0.4) is 0 Å². The number of hydrogen-bond acceptors (Lipinski definition) is 3. The van der Waals surface area contributed by atoms with Crippen molar-refractivity contribution in [1.82, 2.24) is 5.32 Å². The number of hydrogen-bond donors (Lipinski definition) is 2. The van der Waals surface area contributed by atoms with Crippen molar-refractivity contribution in [3.63, 3.8) is 0 Å². The van der Waals surface area contributed by atoms with Crippen molar-refractivity contribution < 1.29 is 0 Å². The number of anilines is 1. The number of allylic oxidation sites excluding steroid dienone is 1. The fraction of sp³-hybridized carbons (Fsp3) is 0.158. The van der Waals surface area contributed by atoms with Crippen molar-refractivity contribution in [3.8, 4) is 0 Å². The second-order valence-corrected chi connectivity index (χ2v) is 5.44. The summed E-state index contributed by atoms with van der Waals surface area (Å²) in [4.78, 5) is 2.25. The van der Waals surface area contributed by atoms with E-state index < -0.39 is 0 Å². The van der Waals surface area contributed by atoms with Crippen molar-refractivity contribution in [1.29, 1.82) is 0 Å². The molecule has 0 aromatic heterocycles. The van der Waals surface area contributed by atoms with Crippen LogP contribution in [-0.4, -0.2) is 6.54 Å². The second kappa shape index (κ2) is 6.08. The van der Waals surface area contributed by atoms with E-state index in [0.29, 0.717) is 6.54 Å². The number of rotatable bonds is 4. The Hall–Kier alpha value is -2.52. The zero-order chi connectivity index (χ0) is 15.5. The fourth-order valence-corrected chi connectivity index (χ4v) is 2.83. The maximum Gasteiger partial charge on any atom is 0.130 e. The third-order valence-corrected chi connectivity index (χ3v) is 3.96. The molecule has 0 bridgehead atoms. The minimum atomic E-state index is 0.0366. The molecule has 0 radical (unpaired) electrons. The van der Waals surface area contributed by atoms with E-state index in [2.05, 4.69) is 60.1 Å². The highest BCUT2D eigenvalue weighted by atomic mass is 15.3. The van der Waals surface area contributed by atoms with E-state index in [1.807, 2.05) is 24.3 Å². The van der Waals surface area contributed by atoms with Crippen LogP contribution in [0.1, 0.15) is 17.3 Å². The van der Waals surface area contributed by atoms with Gasteiger partial charge in [0.05, 0.1) is 11.4 Å². The van der Waals surface area contributed by atoms with Crippen LogP contribution < -0.4 is 16.0 Å². The molecule has 1 aliphatic rings. The van der Waals surface area contributed by atoms with Crippen molar-refractivity contribution in [2.45, 2.75) is 13.1 Å². The van der Waals surface area contributed by atoms with Crippen LogP contribution in [0.2, 0.25) is 0 Å². The number of nitrogens with two attached hydrogens (primary N) is 1.